The Morgan fingerprint density at radius 1 is 1.36 bits per heavy atom. The number of ether oxygens (including phenoxy) is 1. The summed E-state index contributed by atoms with van der Waals surface area (Å²) in [5, 5.41) is 14.8. The molecule has 1 unspecified atom stereocenters. The van der Waals surface area contributed by atoms with Crippen LogP contribution in [-0.4, -0.2) is 46.3 Å². The first-order valence-corrected chi connectivity index (χ1v) is 7.87. The molecule has 1 aliphatic rings. The molecule has 7 heteroatoms. The average molecular weight is 324 g/mol. The standard InChI is InChI=1S/C15H20N2O4S/c1-15(2)13(14(19)20)17-12(22-15)8-16-11(18)9-21-10-6-4-3-5-7-10/h3-7,12-13,17H,8-9H2,1-2H3,(H,16,18)(H,19,20)/t12-,13?/m0/s1. The van der Waals surface area contributed by atoms with Crippen molar-refractivity contribution in [2.75, 3.05) is 13.2 Å². The van der Waals surface area contributed by atoms with E-state index in [9.17, 15) is 14.7 Å². The van der Waals surface area contributed by atoms with Crippen molar-refractivity contribution < 1.29 is 19.4 Å². The molecule has 1 aromatic carbocycles. The Balaban J connectivity index is 1.74. The Kier molecular flexibility index (Phi) is 5.31. The second-order valence-corrected chi connectivity index (χ2v) is 7.41. The van der Waals surface area contributed by atoms with E-state index < -0.39 is 16.8 Å². The van der Waals surface area contributed by atoms with Crippen LogP contribution in [0.1, 0.15) is 13.8 Å². The van der Waals surface area contributed by atoms with Crippen LogP contribution in [0.2, 0.25) is 0 Å². The first-order chi connectivity index (χ1) is 10.4. The van der Waals surface area contributed by atoms with Crippen LogP contribution in [0.3, 0.4) is 0 Å². The minimum Gasteiger partial charge on any atom is -0.484 e. The molecule has 120 valence electrons. The quantitative estimate of drug-likeness (QED) is 0.726. The zero-order valence-corrected chi connectivity index (χ0v) is 13.4. The van der Waals surface area contributed by atoms with Gasteiger partial charge in [0.1, 0.15) is 11.8 Å². The molecule has 22 heavy (non-hydrogen) atoms. The summed E-state index contributed by atoms with van der Waals surface area (Å²) in [5.41, 5.74) is 0. The van der Waals surface area contributed by atoms with E-state index in [4.69, 9.17) is 4.74 Å². The van der Waals surface area contributed by atoms with Gasteiger partial charge in [-0.05, 0) is 26.0 Å². The Labute approximate surface area is 133 Å². The van der Waals surface area contributed by atoms with E-state index in [1.54, 1.807) is 12.1 Å². The minimum atomic E-state index is -0.876. The zero-order valence-electron chi connectivity index (χ0n) is 12.5. The minimum absolute atomic E-state index is 0.0623. The maximum Gasteiger partial charge on any atom is 0.322 e. The van der Waals surface area contributed by atoms with Crippen molar-refractivity contribution in [1.82, 2.24) is 10.6 Å². The van der Waals surface area contributed by atoms with E-state index in [1.807, 2.05) is 32.0 Å². The fourth-order valence-electron chi connectivity index (χ4n) is 2.25. The molecule has 0 bridgehead atoms. The van der Waals surface area contributed by atoms with Crippen LogP contribution in [0.15, 0.2) is 30.3 Å². The Morgan fingerprint density at radius 3 is 2.64 bits per heavy atom. The molecule has 2 atom stereocenters. The van der Waals surface area contributed by atoms with Gasteiger partial charge in [-0.25, -0.2) is 0 Å². The molecule has 0 aromatic heterocycles. The molecule has 1 heterocycles. The summed E-state index contributed by atoms with van der Waals surface area (Å²) >= 11 is 1.51. The van der Waals surface area contributed by atoms with Gasteiger partial charge in [0.25, 0.3) is 5.91 Å². The van der Waals surface area contributed by atoms with E-state index >= 15 is 0 Å². The molecule has 3 N–H and O–H groups in total. The topological polar surface area (TPSA) is 87.7 Å². The predicted octanol–water partition coefficient (Wildman–Crippen LogP) is 1.08. The van der Waals surface area contributed by atoms with Crippen molar-refractivity contribution in [2.24, 2.45) is 0 Å². The van der Waals surface area contributed by atoms with Crippen molar-refractivity contribution in [3.05, 3.63) is 30.3 Å². The van der Waals surface area contributed by atoms with Crippen LogP contribution < -0.4 is 15.4 Å². The molecule has 1 aliphatic heterocycles. The van der Waals surface area contributed by atoms with Crippen LogP contribution in [0, 0.1) is 0 Å². The Bertz CT molecular complexity index is 536. The van der Waals surface area contributed by atoms with Gasteiger partial charge in [0.15, 0.2) is 6.61 Å². The molecule has 0 aliphatic carbocycles. The normalized spacial score (nSPS) is 23.0. The van der Waals surface area contributed by atoms with Gasteiger partial charge in [-0.15, -0.1) is 11.8 Å². The molecule has 0 radical (unpaired) electrons. The zero-order chi connectivity index (χ0) is 16.2. The highest BCUT2D eigenvalue weighted by molar-refractivity contribution is 8.01. The monoisotopic (exact) mass is 324 g/mol. The highest BCUT2D eigenvalue weighted by Gasteiger charge is 2.45. The molecule has 2 rings (SSSR count). The van der Waals surface area contributed by atoms with Crippen LogP contribution in [0.5, 0.6) is 5.75 Å². The van der Waals surface area contributed by atoms with Gasteiger partial charge in [-0.3, -0.25) is 14.9 Å². The second-order valence-electron chi connectivity index (χ2n) is 5.55. The van der Waals surface area contributed by atoms with Crippen molar-refractivity contribution in [3.8, 4) is 5.75 Å². The summed E-state index contributed by atoms with van der Waals surface area (Å²) in [6.07, 6.45) is 0. The second kappa shape index (κ2) is 7.02. The SMILES string of the molecule is CC1(C)S[C@@H](CNC(=O)COc2ccccc2)NC1C(=O)O. The smallest absolute Gasteiger partial charge is 0.322 e. The van der Waals surface area contributed by atoms with Crippen molar-refractivity contribution >= 4 is 23.6 Å². The number of benzene rings is 1. The molecule has 1 amide bonds. The summed E-state index contributed by atoms with van der Waals surface area (Å²) in [6.45, 7) is 4.05. The average Bonchev–Trinajstić information content (AvgIpc) is 2.79. The number of thioether (sulfide) groups is 1. The number of carboxylic acids is 1. The van der Waals surface area contributed by atoms with Crippen LogP contribution in [0.4, 0.5) is 0 Å². The van der Waals surface area contributed by atoms with Crippen LogP contribution >= 0.6 is 11.8 Å². The highest BCUT2D eigenvalue weighted by Crippen LogP contribution is 2.37. The number of amides is 1. The third-order valence-corrected chi connectivity index (χ3v) is 4.77. The maximum absolute atomic E-state index is 11.8. The molecule has 0 spiro atoms. The molecule has 6 nitrogen and oxygen atoms in total. The Morgan fingerprint density at radius 2 is 2.05 bits per heavy atom. The number of para-hydroxylation sites is 1. The number of carbonyl (C=O) groups excluding carboxylic acids is 1. The number of hydrogen-bond donors (Lipinski definition) is 3. The molecular weight excluding hydrogens is 304 g/mol. The van der Waals surface area contributed by atoms with Crippen LogP contribution in [0.25, 0.3) is 0 Å². The lowest BCUT2D eigenvalue weighted by Crippen LogP contribution is -2.46. The van der Waals surface area contributed by atoms with Crippen molar-refractivity contribution in [1.29, 1.82) is 0 Å². The van der Waals surface area contributed by atoms with E-state index in [1.165, 1.54) is 11.8 Å². The fraction of sp³-hybridized carbons (Fsp3) is 0.467. The summed E-state index contributed by atoms with van der Waals surface area (Å²) in [7, 11) is 0. The van der Waals surface area contributed by atoms with E-state index in [0.29, 0.717) is 12.3 Å². The van der Waals surface area contributed by atoms with Crippen molar-refractivity contribution in [3.63, 3.8) is 0 Å². The number of rotatable bonds is 6. The summed E-state index contributed by atoms with van der Waals surface area (Å²) < 4.78 is 4.93. The largest absolute Gasteiger partial charge is 0.484 e. The molecule has 1 fully saturated rings. The first-order valence-electron chi connectivity index (χ1n) is 7.00. The molecule has 1 aromatic rings. The van der Waals surface area contributed by atoms with Gasteiger partial charge in [-0.2, -0.15) is 0 Å². The lowest BCUT2D eigenvalue weighted by Gasteiger charge is -2.20. The third-order valence-electron chi connectivity index (χ3n) is 3.34. The Hall–Kier alpha value is -1.73. The number of aliphatic carboxylic acids is 1. The number of nitrogens with one attached hydrogen (secondary N) is 2. The van der Waals surface area contributed by atoms with Gasteiger partial charge < -0.3 is 15.2 Å². The third kappa shape index (κ3) is 4.38. The molecule has 0 saturated carbocycles. The summed E-state index contributed by atoms with van der Waals surface area (Å²) in [6, 6.07) is 8.47. The summed E-state index contributed by atoms with van der Waals surface area (Å²) in [4.78, 5) is 22.9. The van der Waals surface area contributed by atoms with E-state index in [0.717, 1.165) is 0 Å². The molecular formula is C15H20N2O4S. The van der Waals surface area contributed by atoms with Crippen LogP contribution in [-0.2, 0) is 9.59 Å². The number of carboxylic acid groups (broad SMARTS) is 1. The van der Waals surface area contributed by atoms with Crippen molar-refractivity contribution in [2.45, 2.75) is 30.0 Å². The van der Waals surface area contributed by atoms with E-state index in [-0.39, 0.29) is 17.9 Å². The van der Waals surface area contributed by atoms with Gasteiger partial charge in [0.05, 0.1) is 5.37 Å². The number of hydrogen-bond acceptors (Lipinski definition) is 5. The van der Waals surface area contributed by atoms with E-state index in [2.05, 4.69) is 10.6 Å². The van der Waals surface area contributed by atoms with Gasteiger partial charge in [0.2, 0.25) is 0 Å². The lowest BCUT2D eigenvalue weighted by molar-refractivity contribution is -0.139. The highest BCUT2D eigenvalue weighted by atomic mass is 32.2. The predicted molar refractivity (Wildman–Crippen MR) is 85.0 cm³/mol. The maximum atomic E-state index is 11.8. The number of carbonyl (C=O) groups is 2. The van der Waals surface area contributed by atoms with Gasteiger partial charge >= 0.3 is 5.97 Å². The van der Waals surface area contributed by atoms with Gasteiger partial charge in [0, 0.05) is 11.3 Å². The summed E-state index contributed by atoms with van der Waals surface area (Å²) in [5.74, 6) is -0.473. The first kappa shape index (κ1) is 16.6. The van der Waals surface area contributed by atoms with Gasteiger partial charge in [-0.1, -0.05) is 18.2 Å². The lowest BCUT2D eigenvalue weighted by atomic mass is 10.0. The molecule has 1 saturated heterocycles. The fourth-order valence-corrected chi connectivity index (χ4v) is 3.66.